The van der Waals surface area contributed by atoms with E-state index >= 15 is 0 Å². The molecular weight excluding hydrogens is 256 g/mol. The first-order valence-electron chi connectivity index (χ1n) is 6.25. The Morgan fingerprint density at radius 2 is 1.75 bits per heavy atom. The van der Waals surface area contributed by atoms with Gasteiger partial charge in [-0.05, 0) is 12.5 Å². The Labute approximate surface area is 116 Å². The molecule has 0 atom stereocenters. The average Bonchev–Trinajstić information content (AvgIpc) is 2.44. The quantitative estimate of drug-likeness (QED) is 0.774. The highest BCUT2D eigenvalue weighted by atomic mass is 16.5. The molecule has 4 heteroatoms. The molecule has 0 aromatic heterocycles. The fourth-order valence-corrected chi connectivity index (χ4v) is 2.73. The van der Waals surface area contributed by atoms with Crippen LogP contribution in [0.1, 0.15) is 32.6 Å². The molecule has 2 aromatic rings. The summed E-state index contributed by atoms with van der Waals surface area (Å²) in [5.41, 5.74) is 1.63. The van der Waals surface area contributed by atoms with Crippen LogP contribution in [0.4, 0.5) is 0 Å². The molecule has 0 heterocycles. The Kier molecular flexibility index (Phi) is 2.67. The second kappa shape index (κ2) is 4.16. The van der Waals surface area contributed by atoms with E-state index < -0.39 is 5.79 Å². The number of aryl methyl sites for hydroxylation is 1. The summed E-state index contributed by atoms with van der Waals surface area (Å²) >= 11 is 0. The van der Waals surface area contributed by atoms with E-state index in [-0.39, 0.29) is 28.0 Å². The van der Waals surface area contributed by atoms with E-state index in [4.69, 9.17) is 4.74 Å². The largest absolute Gasteiger partial charge is 0.496 e. The van der Waals surface area contributed by atoms with Gasteiger partial charge in [-0.15, -0.1) is 0 Å². The van der Waals surface area contributed by atoms with Gasteiger partial charge in [0.1, 0.15) is 5.75 Å². The molecule has 0 fully saturated rings. The van der Waals surface area contributed by atoms with Crippen LogP contribution in [0.25, 0.3) is 0 Å². The molecule has 1 aliphatic rings. The standard InChI is InChI=1S/C16H14O4/c1-9-7-8-12-13(15(9)20-2)14(17)10-5-3-4-6-11(10)16(12,18)19/h3-8,18-19H,1-2H3. The second-order valence-corrected chi connectivity index (χ2v) is 4.89. The van der Waals surface area contributed by atoms with Crippen molar-refractivity contribution in [2.75, 3.05) is 7.11 Å². The minimum Gasteiger partial charge on any atom is -0.496 e. The van der Waals surface area contributed by atoms with Gasteiger partial charge >= 0.3 is 0 Å². The molecule has 0 spiro atoms. The third-order valence-corrected chi connectivity index (χ3v) is 3.71. The van der Waals surface area contributed by atoms with Crippen LogP contribution in [0, 0.1) is 6.92 Å². The number of aliphatic hydroxyl groups is 2. The first kappa shape index (κ1) is 12.8. The number of hydrogen-bond donors (Lipinski definition) is 2. The van der Waals surface area contributed by atoms with Crippen LogP contribution in [-0.4, -0.2) is 23.1 Å². The van der Waals surface area contributed by atoms with E-state index in [1.165, 1.54) is 7.11 Å². The second-order valence-electron chi connectivity index (χ2n) is 4.89. The highest BCUT2D eigenvalue weighted by Crippen LogP contribution is 2.42. The van der Waals surface area contributed by atoms with Crippen molar-refractivity contribution in [3.63, 3.8) is 0 Å². The molecule has 4 nitrogen and oxygen atoms in total. The van der Waals surface area contributed by atoms with Crippen LogP contribution in [0.15, 0.2) is 36.4 Å². The van der Waals surface area contributed by atoms with E-state index in [0.717, 1.165) is 5.56 Å². The lowest BCUT2D eigenvalue weighted by Crippen LogP contribution is -2.35. The molecule has 0 amide bonds. The molecular formula is C16H14O4. The van der Waals surface area contributed by atoms with E-state index in [1.54, 1.807) is 36.4 Å². The lowest BCUT2D eigenvalue weighted by molar-refractivity contribution is -0.133. The number of fused-ring (bicyclic) bond motifs is 2. The number of ether oxygens (including phenoxy) is 1. The highest BCUT2D eigenvalue weighted by molar-refractivity contribution is 6.14. The lowest BCUT2D eigenvalue weighted by Gasteiger charge is -2.32. The molecule has 0 aliphatic heterocycles. The van der Waals surface area contributed by atoms with Crippen LogP contribution in [0.3, 0.4) is 0 Å². The van der Waals surface area contributed by atoms with Crippen molar-refractivity contribution in [3.8, 4) is 5.75 Å². The molecule has 0 saturated heterocycles. The zero-order valence-corrected chi connectivity index (χ0v) is 11.2. The number of ketones is 1. The van der Waals surface area contributed by atoms with Crippen LogP contribution in [0.2, 0.25) is 0 Å². The zero-order valence-electron chi connectivity index (χ0n) is 11.2. The normalized spacial score (nSPS) is 15.5. The summed E-state index contributed by atoms with van der Waals surface area (Å²) in [5, 5.41) is 20.9. The van der Waals surface area contributed by atoms with Gasteiger partial charge in [0.15, 0.2) is 5.78 Å². The minimum absolute atomic E-state index is 0.156. The SMILES string of the molecule is COc1c(C)ccc2c1C(=O)c1ccccc1C2(O)O. The number of benzene rings is 2. The Morgan fingerprint density at radius 1 is 1.05 bits per heavy atom. The molecule has 2 aromatic carbocycles. The Balaban J connectivity index is 2.40. The summed E-state index contributed by atoms with van der Waals surface area (Å²) in [6.07, 6.45) is 0. The van der Waals surface area contributed by atoms with E-state index in [2.05, 4.69) is 0 Å². The third kappa shape index (κ3) is 1.52. The predicted molar refractivity (Wildman–Crippen MR) is 72.8 cm³/mol. The Morgan fingerprint density at radius 3 is 2.45 bits per heavy atom. The smallest absolute Gasteiger partial charge is 0.218 e. The summed E-state index contributed by atoms with van der Waals surface area (Å²) in [6, 6.07) is 9.76. The number of carbonyl (C=O) groups excluding carboxylic acids is 1. The zero-order chi connectivity index (χ0) is 14.5. The summed E-state index contributed by atoms with van der Waals surface area (Å²) in [4.78, 5) is 12.6. The van der Waals surface area contributed by atoms with Crippen molar-refractivity contribution in [2.24, 2.45) is 0 Å². The summed E-state index contributed by atoms with van der Waals surface area (Å²) in [6.45, 7) is 1.81. The highest BCUT2D eigenvalue weighted by Gasteiger charge is 2.42. The Hall–Kier alpha value is -2.17. The molecule has 0 unspecified atom stereocenters. The van der Waals surface area contributed by atoms with Gasteiger partial charge in [-0.25, -0.2) is 0 Å². The fraction of sp³-hybridized carbons (Fsp3) is 0.188. The van der Waals surface area contributed by atoms with Crippen molar-refractivity contribution in [1.29, 1.82) is 0 Å². The number of hydrogen-bond acceptors (Lipinski definition) is 4. The van der Waals surface area contributed by atoms with Crippen LogP contribution >= 0.6 is 0 Å². The van der Waals surface area contributed by atoms with Crippen molar-refractivity contribution >= 4 is 5.78 Å². The van der Waals surface area contributed by atoms with Gasteiger partial charge in [0.2, 0.25) is 5.79 Å². The third-order valence-electron chi connectivity index (χ3n) is 3.71. The van der Waals surface area contributed by atoms with E-state index in [9.17, 15) is 15.0 Å². The van der Waals surface area contributed by atoms with Gasteiger partial charge in [-0.3, -0.25) is 4.79 Å². The maximum absolute atomic E-state index is 12.6. The Bertz CT molecular complexity index is 716. The van der Waals surface area contributed by atoms with Crippen molar-refractivity contribution < 1.29 is 19.7 Å². The number of rotatable bonds is 1. The maximum atomic E-state index is 12.6. The van der Waals surface area contributed by atoms with Crippen LogP contribution < -0.4 is 4.74 Å². The van der Waals surface area contributed by atoms with E-state index in [0.29, 0.717) is 5.75 Å². The molecule has 0 bridgehead atoms. The van der Waals surface area contributed by atoms with Gasteiger partial charge in [0.25, 0.3) is 0 Å². The maximum Gasteiger partial charge on any atom is 0.218 e. The van der Waals surface area contributed by atoms with Gasteiger partial charge < -0.3 is 14.9 Å². The lowest BCUT2D eigenvalue weighted by atomic mass is 9.79. The molecule has 102 valence electrons. The van der Waals surface area contributed by atoms with Gasteiger partial charge in [-0.2, -0.15) is 0 Å². The topological polar surface area (TPSA) is 66.8 Å². The monoisotopic (exact) mass is 270 g/mol. The first-order chi connectivity index (χ1) is 9.48. The average molecular weight is 270 g/mol. The number of carbonyl (C=O) groups is 1. The molecule has 1 aliphatic carbocycles. The summed E-state index contributed by atoms with van der Waals surface area (Å²) in [7, 11) is 1.47. The van der Waals surface area contributed by atoms with Crippen LogP contribution in [-0.2, 0) is 5.79 Å². The predicted octanol–water partition coefficient (Wildman–Crippen LogP) is 1.73. The van der Waals surface area contributed by atoms with Crippen molar-refractivity contribution in [3.05, 3.63) is 64.2 Å². The van der Waals surface area contributed by atoms with Crippen LogP contribution in [0.5, 0.6) is 5.75 Å². The van der Waals surface area contributed by atoms with Gasteiger partial charge in [0, 0.05) is 16.7 Å². The molecule has 2 N–H and O–H groups in total. The van der Waals surface area contributed by atoms with E-state index in [1.807, 2.05) is 6.92 Å². The first-order valence-corrected chi connectivity index (χ1v) is 6.25. The molecule has 0 radical (unpaired) electrons. The summed E-state index contributed by atoms with van der Waals surface area (Å²) < 4.78 is 5.28. The fourth-order valence-electron chi connectivity index (χ4n) is 2.73. The minimum atomic E-state index is -2.19. The van der Waals surface area contributed by atoms with Crippen molar-refractivity contribution in [2.45, 2.75) is 12.7 Å². The van der Waals surface area contributed by atoms with Gasteiger partial charge in [-0.1, -0.05) is 36.4 Å². The van der Waals surface area contributed by atoms with Crippen molar-refractivity contribution in [1.82, 2.24) is 0 Å². The number of methoxy groups -OCH3 is 1. The molecule has 3 rings (SSSR count). The molecule has 0 saturated carbocycles. The van der Waals surface area contributed by atoms with Gasteiger partial charge in [0.05, 0.1) is 12.7 Å². The molecule has 20 heavy (non-hydrogen) atoms. The summed E-state index contributed by atoms with van der Waals surface area (Å²) in [5.74, 6) is -2.06.